The maximum atomic E-state index is 10.4. The zero-order chi connectivity index (χ0) is 8.81. The van der Waals surface area contributed by atoms with Gasteiger partial charge in [-0.2, -0.15) is 0 Å². The predicted octanol–water partition coefficient (Wildman–Crippen LogP) is 1.93. The van der Waals surface area contributed by atoms with Gasteiger partial charge in [-0.15, -0.1) is 0 Å². The first-order chi connectivity index (χ1) is 5.88. The van der Waals surface area contributed by atoms with Gasteiger partial charge in [0, 0.05) is 11.5 Å². The lowest BCUT2D eigenvalue weighted by Gasteiger charge is -2.03. The molecular formula is C10H10O2. The lowest BCUT2D eigenvalue weighted by molar-refractivity contribution is -0.105. The first kappa shape index (κ1) is 8.53. The van der Waals surface area contributed by atoms with Gasteiger partial charge in [0.1, 0.15) is 6.29 Å². The van der Waals surface area contributed by atoms with Crippen molar-refractivity contribution >= 4 is 6.29 Å². The summed E-state index contributed by atoms with van der Waals surface area (Å²) in [6, 6.07) is 0. The third-order valence-electron chi connectivity index (χ3n) is 1.64. The average molecular weight is 162 g/mol. The van der Waals surface area contributed by atoms with Crippen LogP contribution in [0.25, 0.3) is 0 Å². The van der Waals surface area contributed by atoms with E-state index in [9.17, 15) is 4.79 Å². The van der Waals surface area contributed by atoms with Crippen LogP contribution in [-0.4, -0.2) is 11.4 Å². The van der Waals surface area contributed by atoms with Gasteiger partial charge in [-0.3, -0.25) is 4.79 Å². The molecule has 0 fully saturated rings. The summed E-state index contributed by atoms with van der Waals surface area (Å²) in [5, 5.41) is 8.69. The SMILES string of the molecule is O=C/C(=C/O)C1C=CC=CC=C1. The topological polar surface area (TPSA) is 37.3 Å². The van der Waals surface area contributed by atoms with Gasteiger partial charge in [-0.1, -0.05) is 36.5 Å². The van der Waals surface area contributed by atoms with Gasteiger partial charge < -0.3 is 5.11 Å². The van der Waals surface area contributed by atoms with Crippen LogP contribution < -0.4 is 0 Å². The molecule has 0 unspecified atom stereocenters. The Morgan fingerprint density at radius 2 is 1.75 bits per heavy atom. The summed E-state index contributed by atoms with van der Waals surface area (Å²) >= 11 is 0. The van der Waals surface area contributed by atoms with E-state index < -0.39 is 0 Å². The lowest BCUT2D eigenvalue weighted by atomic mass is 10.0. The molecule has 0 atom stereocenters. The normalized spacial score (nSPS) is 17.8. The van der Waals surface area contributed by atoms with Gasteiger partial charge in [-0.05, 0) is 0 Å². The molecular weight excluding hydrogens is 152 g/mol. The summed E-state index contributed by atoms with van der Waals surface area (Å²) in [4.78, 5) is 10.4. The highest BCUT2D eigenvalue weighted by molar-refractivity contribution is 5.75. The summed E-state index contributed by atoms with van der Waals surface area (Å²) in [7, 11) is 0. The fourth-order valence-electron chi connectivity index (χ4n) is 0.977. The Hall–Kier alpha value is -1.57. The van der Waals surface area contributed by atoms with Gasteiger partial charge >= 0.3 is 0 Å². The Morgan fingerprint density at radius 1 is 1.17 bits per heavy atom. The van der Waals surface area contributed by atoms with Gasteiger partial charge in [0.15, 0.2) is 0 Å². The quantitative estimate of drug-likeness (QED) is 0.382. The van der Waals surface area contributed by atoms with E-state index in [4.69, 9.17) is 5.11 Å². The first-order valence-corrected chi connectivity index (χ1v) is 3.69. The molecule has 0 spiro atoms. The van der Waals surface area contributed by atoms with E-state index in [2.05, 4.69) is 0 Å². The Bertz CT molecular complexity index is 254. The number of aldehydes is 1. The molecule has 0 saturated carbocycles. The number of aliphatic hydroxyl groups is 1. The number of hydrogen-bond acceptors (Lipinski definition) is 2. The number of allylic oxidation sites excluding steroid dienone is 7. The molecule has 0 bridgehead atoms. The van der Waals surface area contributed by atoms with Crippen molar-refractivity contribution in [2.45, 2.75) is 0 Å². The van der Waals surface area contributed by atoms with Gasteiger partial charge in [0.25, 0.3) is 0 Å². The minimum absolute atomic E-state index is 0.109. The number of rotatable bonds is 2. The first-order valence-electron chi connectivity index (χ1n) is 3.69. The zero-order valence-corrected chi connectivity index (χ0v) is 6.55. The molecule has 0 radical (unpaired) electrons. The van der Waals surface area contributed by atoms with E-state index in [1.165, 1.54) is 0 Å². The Balaban J connectivity index is 2.82. The molecule has 0 aromatic rings. The highest BCUT2D eigenvalue weighted by Crippen LogP contribution is 2.13. The maximum Gasteiger partial charge on any atom is 0.150 e. The summed E-state index contributed by atoms with van der Waals surface area (Å²) in [5.41, 5.74) is 0.367. The molecule has 1 rings (SSSR count). The summed E-state index contributed by atoms with van der Waals surface area (Å²) in [5.74, 6) is -0.109. The third kappa shape index (κ3) is 1.95. The van der Waals surface area contributed by atoms with Crippen molar-refractivity contribution in [1.29, 1.82) is 0 Å². The van der Waals surface area contributed by atoms with E-state index in [0.717, 1.165) is 6.26 Å². The highest BCUT2D eigenvalue weighted by atomic mass is 16.2. The molecule has 1 N–H and O–H groups in total. The predicted molar refractivity (Wildman–Crippen MR) is 47.7 cm³/mol. The molecule has 1 aliphatic rings. The minimum Gasteiger partial charge on any atom is -0.515 e. The summed E-state index contributed by atoms with van der Waals surface area (Å²) in [6.45, 7) is 0. The molecule has 1 aliphatic carbocycles. The van der Waals surface area contributed by atoms with E-state index >= 15 is 0 Å². The van der Waals surface area contributed by atoms with Crippen LogP contribution in [-0.2, 0) is 4.79 Å². The van der Waals surface area contributed by atoms with Crippen LogP contribution in [0, 0.1) is 5.92 Å². The zero-order valence-electron chi connectivity index (χ0n) is 6.55. The largest absolute Gasteiger partial charge is 0.515 e. The average Bonchev–Trinajstić information content (AvgIpc) is 2.35. The van der Waals surface area contributed by atoms with Gasteiger partial charge in [-0.25, -0.2) is 0 Å². The maximum absolute atomic E-state index is 10.4. The molecule has 0 aromatic heterocycles. The number of carbonyl (C=O) groups excluding carboxylic acids is 1. The van der Waals surface area contributed by atoms with Crippen molar-refractivity contribution in [3.8, 4) is 0 Å². The molecule has 0 amide bonds. The second-order valence-electron chi connectivity index (χ2n) is 2.43. The van der Waals surface area contributed by atoms with E-state index in [0.29, 0.717) is 11.9 Å². The molecule has 2 heteroatoms. The smallest absolute Gasteiger partial charge is 0.150 e. The van der Waals surface area contributed by atoms with Crippen molar-refractivity contribution in [2.75, 3.05) is 0 Å². The van der Waals surface area contributed by atoms with E-state index in [1.807, 2.05) is 36.5 Å². The number of carbonyl (C=O) groups is 1. The van der Waals surface area contributed by atoms with Crippen LogP contribution in [0.4, 0.5) is 0 Å². The third-order valence-corrected chi connectivity index (χ3v) is 1.64. The molecule has 12 heavy (non-hydrogen) atoms. The van der Waals surface area contributed by atoms with Crippen molar-refractivity contribution in [3.05, 3.63) is 48.3 Å². The standard InChI is InChI=1S/C10H10O2/c11-7-10(8-12)9-5-3-1-2-4-6-9/h1-9,11H/b10-7-. The van der Waals surface area contributed by atoms with Crippen molar-refractivity contribution in [2.24, 2.45) is 5.92 Å². The van der Waals surface area contributed by atoms with Crippen LogP contribution in [0.5, 0.6) is 0 Å². The van der Waals surface area contributed by atoms with E-state index in [1.54, 1.807) is 0 Å². The Morgan fingerprint density at radius 3 is 2.17 bits per heavy atom. The van der Waals surface area contributed by atoms with Crippen LogP contribution in [0.1, 0.15) is 0 Å². The number of aliphatic hydroxyl groups excluding tert-OH is 1. The Kier molecular flexibility index (Phi) is 3.08. The van der Waals surface area contributed by atoms with Crippen molar-refractivity contribution in [3.63, 3.8) is 0 Å². The fraction of sp³-hybridized carbons (Fsp3) is 0.100. The monoisotopic (exact) mass is 162 g/mol. The van der Waals surface area contributed by atoms with Crippen LogP contribution in [0.15, 0.2) is 48.3 Å². The van der Waals surface area contributed by atoms with Crippen LogP contribution in [0.2, 0.25) is 0 Å². The molecule has 0 aliphatic heterocycles. The van der Waals surface area contributed by atoms with Crippen LogP contribution >= 0.6 is 0 Å². The van der Waals surface area contributed by atoms with Gasteiger partial charge in [0.05, 0.1) is 6.26 Å². The van der Waals surface area contributed by atoms with E-state index in [-0.39, 0.29) is 5.92 Å². The summed E-state index contributed by atoms with van der Waals surface area (Å²) in [6.07, 6.45) is 12.6. The molecule has 0 aromatic carbocycles. The second-order valence-corrected chi connectivity index (χ2v) is 2.43. The molecule has 0 heterocycles. The van der Waals surface area contributed by atoms with Gasteiger partial charge in [0.2, 0.25) is 0 Å². The van der Waals surface area contributed by atoms with Crippen molar-refractivity contribution in [1.82, 2.24) is 0 Å². The molecule has 2 nitrogen and oxygen atoms in total. The van der Waals surface area contributed by atoms with Crippen LogP contribution in [0.3, 0.4) is 0 Å². The molecule has 62 valence electrons. The minimum atomic E-state index is -0.109. The lowest BCUT2D eigenvalue weighted by Crippen LogP contribution is -1.98. The second kappa shape index (κ2) is 4.34. The molecule has 0 saturated heterocycles. The Labute approximate surface area is 71.2 Å². The fourth-order valence-corrected chi connectivity index (χ4v) is 0.977. The summed E-state index contributed by atoms with van der Waals surface area (Å²) < 4.78 is 0. The number of hydrogen-bond donors (Lipinski definition) is 1. The highest BCUT2D eigenvalue weighted by Gasteiger charge is 2.06. The van der Waals surface area contributed by atoms with Crippen molar-refractivity contribution < 1.29 is 9.90 Å².